The number of para-hydroxylation sites is 1. The first-order chi connectivity index (χ1) is 15.6. The molecule has 0 spiro atoms. The number of fused-ring (bicyclic) bond motifs is 1. The molecule has 1 atom stereocenters. The van der Waals surface area contributed by atoms with Crippen molar-refractivity contribution >= 4 is 16.8 Å². The molecule has 164 valence electrons. The molecular formula is C24H24N4O4. The number of rotatable bonds is 4. The van der Waals surface area contributed by atoms with E-state index in [4.69, 9.17) is 14.0 Å². The smallest absolute Gasteiger partial charge is 0.257 e. The second-order valence-corrected chi connectivity index (χ2v) is 7.83. The van der Waals surface area contributed by atoms with Crippen LogP contribution in [-0.4, -0.2) is 52.3 Å². The van der Waals surface area contributed by atoms with Crippen LogP contribution in [0.15, 0.2) is 53.1 Å². The van der Waals surface area contributed by atoms with E-state index in [0.717, 1.165) is 33.5 Å². The minimum Gasteiger partial charge on any atom is -0.497 e. The molecule has 0 aliphatic carbocycles. The first-order valence-electron chi connectivity index (χ1n) is 10.5. The molecule has 1 aliphatic heterocycles. The van der Waals surface area contributed by atoms with Crippen molar-refractivity contribution in [2.45, 2.75) is 13.0 Å². The Kier molecular flexibility index (Phi) is 5.14. The highest BCUT2D eigenvalue weighted by atomic mass is 16.5. The number of methoxy groups -OCH3 is 1. The van der Waals surface area contributed by atoms with E-state index in [1.807, 2.05) is 62.5 Å². The van der Waals surface area contributed by atoms with Crippen molar-refractivity contribution in [1.29, 1.82) is 0 Å². The third-order valence-electron chi connectivity index (χ3n) is 6.03. The first kappa shape index (κ1) is 20.3. The van der Waals surface area contributed by atoms with E-state index >= 15 is 0 Å². The van der Waals surface area contributed by atoms with Crippen molar-refractivity contribution in [3.05, 3.63) is 65.7 Å². The molecule has 1 aliphatic rings. The molecule has 32 heavy (non-hydrogen) atoms. The number of nitrogens with zero attached hydrogens (tertiary/aromatic N) is 4. The predicted octanol–water partition coefficient (Wildman–Crippen LogP) is 3.76. The van der Waals surface area contributed by atoms with E-state index in [1.165, 1.54) is 0 Å². The van der Waals surface area contributed by atoms with Crippen LogP contribution in [-0.2, 0) is 11.8 Å². The molecule has 3 heterocycles. The highest BCUT2D eigenvalue weighted by molar-refractivity contribution is 6.08. The number of benzene rings is 2. The molecule has 2 aromatic heterocycles. The normalized spacial score (nSPS) is 16.5. The number of morpholine rings is 1. The number of amides is 1. The van der Waals surface area contributed by atoms with E-state index in [-0.39, 0.29) is 5.91 Å². The number of hydrogen-bond acceptors (Lipinski definition) is 6. The topological polar surface area (TPSA) is 82.6 Å². The fourth-order valence-corrected chi connectivity index (χ4v) is 4.16. The highest BCUT2D eigenvalue weighted by Crippen LogP contribution is 2.29. The molecule has 1 saturated heterocycles. The minimum atomic E-state index is -0.470. The van der Waals surface area contributed by atoms with Crippen LogP contribution in [0.5, 0.6) is 5.75 Å². The summed E-state index contributed by atoms with van der Waals surface area (Å²) in [5.41, 5.74) is 3.53. The summed E-state index contributed by atoms with van der Waals surface area (Å²) in [5, 5.41) is 5.05. The molecule has 5 rings (SSSR count). The Hall–Kier alpha value is -3.65. The van der Waals surface area contributed by atoms with Gasteiger partial charge in [-0.05, 0) is 37.3 Å². The van der Waals surface area contributed by atoms with Gasteiger partial charge in [0, 0.05) is 35.8 Å². The maximum absolute atomic E-state index is 13.5. The summed E-state index contributed by atoms with van der Waals surface area (Å²) in [6.45, 7) is 3.24. The Labute approximate surface area is 185 Å². The zero-order valence-electron chi connectivity index (χ0n) is 18.2. The summed E-state index contributed by atoms with van der Waals surface area (Å²) in [6.07, 6.45) is -0.470. The molecule has 0 bridgehead atoms. The summed E-state index contributed by atoms with van der Waals surface area (Å²) >= 11 is 0. The third kappa shape index (κ3) is 3.42. The number of hydrogen-bond donors (Lipinski definition) is 0. The van der Waals surface area contributed by atoms with Crippen LogP contribution < -0.4 is 4.74 Å². The zero-order valence-corrected chi connectivity index (χ0v) is 18.2. The van der Waals surface area contributed by atoms with Gasteiger partial charge in [0.25, 0.3) is 11.8 Å². The molecule has 1 fully saturated rings. The van der Waals surface area contributed by atoms with Crippen LogP contribution in [0.3, 0.4) is 0 Å². The Morgan fingerprint density at radius 1 is 1.16 bits per heavy atom. The highest BCUT2D eigenvalue weighted by Gasteiger charge is 2.32. The Morgan fingerprint density at radius 3 is 2.72 bits per heavy atom. The average molecular weight is 432 g/mol. The quantitative estimate of drug-likeness (QED) is 0.488. The van der Waals surface area contributed by atoms with Crippen molar-refractivity contribution in [2.24, 2.45) is 7.05 Å². The second kappa shape index (κ2) is 8.12. The van der Waals surface area contributed by atoms with Crippen LogP contribution >= 0.6 is 0 Å². The van der Waals surface area contributed by atoms with Crippen molar-refractivity contribution in [3.63, 3.8) is 0 Å². The Balaban J connectivity index is 1.38. The molecule has 0 radical (unpaired) electrons. The van der Waals surface area contributed by atoms with Gasteiger partial charge in [-0.15, -0.1) is 0 Å². The molecule has 8 heteroatoms. The maximum atomic E-state index is 13.5. The van der Waals surface area contributed by atoms with Gasteiger partial charge in [0.2, 0.25) is 5.82 Å². The van der Waals surface area contributed by atoms with Crippen LogP contribution in [0.25, 0.3) is 22.3 Å². The monoisotopic (exact) mass is 432 g/mol. The summed E-state index contributed by atoms with van der Waals surface area (Å²) in [4.78, 5) is 19.8. The lowest BCUT2D eigenvalue weighted by atomic mass is 10.1. The standard InChI is InChI=1S/C24H24N4O4/c1-15-21(18-6-4-5-7-19(18)27(15)2)24(29)28-12-13-31-20(14-28)23-25-22(26-32-23)16-8-10-17(30-3)11-9-16/h4-11,20H,12-14H2,1-3H3/t20-/m1/s1. The number of ether oxygens (including phenoxy) is 2. The van der Waals surface area contributed by atoms with E-state index in [9.17, 15) is 4.79 Å². The van der Waals surface area contributed by atoms with Gasteiger partial charge in [-0.2, -0.15) is 4.98 Å². The lowest BCUT2D eigenvalue weighted by molar-refractivity contribution is -0.0367. The van der Waals surface area contributed by atoms with Gasteiger partial charge in [-0.1, -0.05) is 23.4 Å². The van der Waals surface area contributed by atoms with Gasteiger partial charge in [0.1, 0.15) is 5.75 Å². The van der Waals surface area contributed by atoms with Gasteiger partial charge < -0.3 is 23.5 Å². The molecule has 0 N–H and O–H groups in total. The molecule has 8 nitrogen and oxygen atoms in total. The van der Waals surface area contributed by atoms with Crippen molar-refractivity contribution in [2.75, 3.05) is 26.8 Å². The van der Waals surface area contributed by atoms with Gasteiger partial charge in [0.05, 0.1) is 25.8 Å². The van der Waals surface area contributed by atoms with E-state index in [0.29, 0.717) is 31.4 Å². The maximum Gasteiger partial charge on any atom is 0.257 e. The molecule has 0 saturated carbocycles. The third-order valence-corrected chi connectivity index (χ3v) is 6.03. The van der Waals surface area contributed by atoms with Crippen molar-refractivity contribution in [1.82, 2.24) is 19.6 Å². The van der Waals surface area contributed by atoms with Crippen LogP contribution in [0, 0.1) is 6.92 Å². The summed E-state index contributed by atoms with van der Waals surface area (Å²) < 4.78 is 18.6. The summed E-state index contributed by atoms with van der Waals surface area (Å²) in [6, 6.07) is 15.4. The molecule has 2 aromatic carbocycles. The molecule has 0 unspecified atom stereocenters. The average Bonchev–Trinajstić information content (AvgIpc) is 3.43. The van der Waals surface area contributed by atoms with Crippen LogP contribution in [0.1, 0.15) is 28.0 Å². The van der Waals surface area contributed by atoms with E-state index in [1.54, 1.807) is 12.0 Å². The second-order valence-electron chi connectivity index (χ2n) is 7.83. The fraction of sp³-hybridized carbons (Fsp3) is 0.292. The van der Waals surface area contributed by atoms with Crippen molar-refractivity contribution in [3.8, 4) is 17.1 Å². The Bertz CT molecular complexity index is 1280. The van der Waals surface area contributed by atoms with Crippen LogP contribution in [0.2, 0.25) is 0 Å². The van der Waals surface area contributed by atoms with Gasteiger partial charge in [-0.3, -0.25) is 4.79 Å². The summed E-state index contributed by atoms with van der Waals surface area (Å²) in [7, 11) is 3.60. The lowest BCUT2D eigenvalue weighted by Gasteiger charge is -2.31. The fourth-order valence-electron chi connectivity index (χ4n) is 4.16. The SMILES string of the molecule is COc1ccc(-c2noc([C@H]3CN(C(=O)c4c(C)n(C)c5ccccc45)CCO3)n2)cc1. The zero-order chi connectivity index (χ0) is 22.2. The molecule has 1 amide bonds. The van der Waals surface area contributed by atoms with Crippen molar-refractivity contribution < 1.29 is 18.8 Å². The molecule has 4 aromatic rings. The minimum absolute atomic E-state index is 0.0116. The lowest BCUT2D eigenvalue weighted by Crippen LogP contribution is -2.42. The van der Waals surface area contributed by atoms with Gasteiger partial charge in [-0.25, -0.2) is 0 Å². The number of aromatic nitrogens is 3. The summed E-state index contributed by atoms with van der Waals surface area (Å²) in [5.74, 6) is 1.58. The van der Waals surface area contributed by atoms with Gasteiger partial charge >= 0.3 is 0 Å². The van der Waals surface area contributed by atoms with E-state index in [2.05, 4.69) is 14.7 Å². The van der Waals surface area contributed by atoms with Crippen LogP contribution in [0.4, 0.5) is 0 Å². The number of aryl methyl sites for hydroxylation is 1. The number of carbonyl (C=O) groups is 1. The van der Waals surface area contributed by atoms with E-state index < -0.39 is 6.10 Å². The molecular weight excluding hydrogens is 408 g/mol. The largest absolute Gasteiger partial charge is 0.497 e. The van der Waals surface area contributed by atoms with Gasteiger partial charge in [0.15, 0.2) is 6.10 Å². The number of carbonyl (C=O) groups excluding carboxylic acids is 1. The first-order valence-corrected chi connectivity index (χ1v) is 10.5. The Morgan fingerprint density at radius 2 is 1.94 bits per heavy atom. The predicted molar refractivity (Wildman–Crippen MR) is 119 cm³/mol.